The molecule has 16 heavy (non-hydrogen) atoms. The van der Waals surface area contributed by atoms with E-state index in [4.69, 9.17) is 19.3 Å². The highest BCUT2D eigenvalue weighted by atomic mass is 16.6. The van der Waals surface area contributed by atoms with Crippen molar-refractivity contribution in [2.45, 2.75) is 25.4 Å². The van der Waals surface area contributed by atoms with Crippen molar-refractivity contribution in [2.75, 3.05) is 13.7 Å². The third kappa shape index (κ3) is 2.95. The van der Waals surface area contributed by atoms with Crippen LogP contribution in [0.15, 0.2) is 24.3 Å². The molecule has 0 aromatic heterocycles. The number of ether oxygens (including phenoxy) is 3. The molecule has 4 heteroatoms. The first-order chi connectivity index (χ1) is 7.78. The summed E-state index contributed by atoms with van der Waals surface area (Å²) < 4.78 is 15.7. The van der Waals surface area contributed by atoms with Crippen LogP contribution in [0, 0.1) is 0 Å². The van der Waals surface area contributed by atoms with Crippen LogP contribution in [0.2, 0.25) is 0 Å². The van der Waals surface area contributed by atoms with Gasteiger partial charge >= 0.3 is 0 Å². The first-order valence-corrected chi connectivity index (χ1v) is 5.32. The van der Waals surface area contributed by atoms with Crippen molar-refractivity contribution in [3.63, 3.8) is 0 Å². The molecule has 0 radical (unpaired) electrons. The lowest BCUT2D eigenvalue weighted by atomic mass is 10.2. The molecule has 1 unspecified atom stereocenters. The summed E-state index contributed by atoms with van der Waals surface area (Å²) in [6.07, 6.45) is -0.117. The number of aliphatic hydroxyl groups is 1. The molecule has 0 spiro atoms. The lowest BCUT2D eigenvalue weighted by molar-refractivity contribution is -0.0602. The highest BCUT2D eigenvalue weighted by Gasteiger charge is 2.23. The monoisotopic (exact) mass is 224 g/mol. The van der Waals surface area contributed by atoms with Crippen molar-refractivity contribution in [1.82, 2.24) is 0 Å². The van der Waals surface area contributed by atoms with Gasteiger partial charge < -0.3 is 19.3 Å². The van der Waals surface area contributed by atoms with Crippen LogP contribution >= 0.6 is 0 Å². The predicted molar refractivity (Wildman–Crippen MR) is 58.1 cm³/mol. The summed E-state index contributed by atoms with van der Waals surface area (Å²) >= 11 is 0. The molecule has 0 aliphatic carbocycles. The molecule has 2 atom stereocenters. The van der Waals surface area contributed by atoms with Gasteiger partial charge in [-0.05, 0) is 17.7 Å². The summed E-state index contributed by atoms with van der Waals surface area (Å²) in [7, 11) is 1.64. The topological polar surface area (TPSA) is 47.9 Å². The second-order valence-electron chi connectivity index (χ2n) is 3.80. The lowest BCUT2D eigenvalue weighted by Crippen LogP contribution is -2.12. The SMILES string of the molecule is COc1ccc(CO[C@@H]2COC(O)C2)cc1. The van der Waals surface area contributed by atoms with Gasteiger partial charge in [0.25, 0.3) is 0 Å². The van der Waals surface area contributed by atoms with E-state index in [1.54, 1.807) is 7.11 Å². The Balaban J connectivity index is 1.80. The van der Waals surface area contributed by atoms with Gasteiger partial charge in [-0.3, -0.25) is 0 Å². The molecule has 1 aromatic carbocycles. The summed E-state index contributed by atoms with van der Waals surface area (Å²) in [5.41, 5.74) is 1.09. The van der Waals surface area contributed by atoms with E-state index >= 15 is 0 Å². The Morgan fingerprint density at radius 2 is 2.12 bits per heavy atom. The van der Waals surface area contributed by atoms with Gasteiger partial charge in [-0.15, -0.1) is 0 Å². The Morgan fingerprint density at radius 3 is 2.69 bits per heavy atom. The van der Waals surface area contributed by atoms with Crippen LogP contribution in [-0.4, -0.2) is 31.2 Å². The minimum Gasteiger partial charge on any atom is -0.497 e. The standard InChI is InChI=1S/C12H16O4/c1-14-10-4-2-9(3-5-10)7-15-11-6-12(13)16-8-11/h2-5,11-13H,6-8H2,1H3/t11-,12?/m0/s1. The maximum absolute atomic E-state index is 9.15. The van der Waals surface area contributed by atoms with Gasteiger partial charge in [0.1, 0.15) is 5.75 Å². The molecule has 1 saturated heterocycles. The first kappa shape index (κ1) is 11.4. The summed E-state index contributed by atoms with van der Waals surface area (Å²) in [5, 5.41) is 9.15. The Kier molecular flexibility index (Phi) is 3.77. The van der Waals surface area contributed by atoms with E-state index in [1.165, 1.54) is 0 Å². The second-order valence-corrected chi connectivity index (χ2v) is 3.80. The fourth-order valence-electron chi connectivity index (χ4n) is 1.63. The summed E-state index contributed by atoms with van der Waals surface area (Å²) in [4.78, 5) is 0. The fraction of sp³-hybridized carbons (Fsp3) is 0.500. The van der Waals surface area contributed by atoms with E-state index in [0.717, 1.165) is 11.3 Å². The summed E-state index contributed by atoms with van der Waals surface area (Å²) in [6, 6.07) is 7.73. The Bertz CT molecular complexity index is 322. The normalized spacial score (nSPS) is 24.6. The van der Waals surface area contributed by atoms with Crippen LogP contribution in [0.25, 0.3) is 0 Å². The van der Waals surface area contributed by atoms with Crippen molar-refractivity contribution in [3.8, 4) is 5.75 Å². The van der Waals surface area contributed by atoms with Crippen molar-refractivity contribution in [1.29, 1.82) is 0 Å². The van der Waals surface area contributed by atoms with Gasteiger partial charge in [0, 0.05) is 6.42 Å². The number of benzene rings is 1. The summed E-state index contributed by atoms with van der Waals surface area (Å²) in [5.74, 6) is 0.836. The summed E-state index contributed by atoms with van der Waals surface area (Å²) in [6.45, 7) is 1.00. The van der Waals surface area contributed by atoms with Crippen LogP contribution in [0.1, 0.15) is 12.0 Å². The van der Waals surface area contributed by atoms with Crippen LogP contribution in [0.5, 0.6) is 5.75 Å². The average molecular weight is 224 g/mol. The van der Waals surface area contributed by atoms with Gasteiger partial charge in [0.05, 0.1) is 26.4 Å². The number of hydrogen-bond donors (Lipinski definition) is 1. The lowest BCUT2D eigenvalue weighted by Gasteiger charge is -2.09. The fourth-order valence-corrected chi connectivity index (χ4v) is 1.63. The quantitative estimate of drug-likeness (QED) is 0.838. The molecule has 1 aliphatic rings. The average Bonchev–Trinajstić information content (AvgIpc) is 2.73. The van der Waals surface area contributed by atoms with Gasteiger partial charge in [0.2, 0.25) is 0 Å². The smallest absolute Gasteiger partial charge is 0.157 e. The van der Waals surface area contributed by atoms with E-state index in [-0.39, 0.29) is 6.10 Å². The highest BCUT2D eigenvalue weighted by Crippen LogP contribution is 2.17. The molecule has 0 bridgehead atoms. The molecule has 1 heterocycles. The van der Waals surface area contributed by atoms with Crippen molar-refractivity contribution in [2.24, 2.45) is 0 Å². The number of methoxy groups -OCH3 is 1. The van der Waals surface area contributed by atoms with Gasteiger partial charge in [-0.1, -0.05) is 12.1 Å². The number of rotatable bonds is 4. The van der Waals surface area contributed by atoms with Gasteiger partial charge in [-0.2, -0.15) is 0 Å². The maximum Gasteiger partial charge on any atom is 0.157 e. The molecule has 0 saturated carbocycles. The molecule has 4 nitrogen and oxygen atoms in total. The Hall–Kier alpha value is -1.10. The molecule has 1 fully saturated rings. The zero-order valence-electron chi connectivity index (χ0n) is 9.26. The highest BCUT2D eigenvalue weighted by molar-refractivity contribution is 5.26. The Labute approximate surface area is 94.8 Å². The van der Waals surface area contributed by atoms with Crippen LogP contribution in [-0.2, 0) is 16.1 Å². The van der Waals surface area contributed by atoms with Gasteiger partial charge in [-0.25, -0.2) is 0 Å². The number of aliphatic hydroxyl groups excluding tert-OH is 1. The number of hydrogen-bond acceptors (Lipinski definition) is 4. The third-order valence-electron chi connectivity index (χ3n) is 2.58. The minimum absolute atomic E-state index is 0.00268. The second kappa shape index (κ2) is 5.30. The van der Waals surface area contributed by atoms with Crippen LogP contribution in [0.3, 0.4) is 0 Å². The Morgan fingerprint density at radius 1 is 1.38 bits per heavy atom. The first-order valence-electron chi connectivity index (χ1n) is 5.32. The maximum atomic E-state index is 9.15. The molecular weight excluding hydrogens is 208 g/mol. The minimum atomic E-state index is -0.666. The largest absolute Gasteiger partial charge is 0.497 e. The van der Waals surface area contributed by atoms with E-state index in [1.807, 2.05) is 24.3 Å². The molecule has 1 N–H and O–H groups in total. The molecule has 2 rings (SSSR count). The van der Waals surface area contributed by atoms with Gasteiger partial charge in [0.15, 0.2) is 6.29 Å². The van der Waals surface area contributed by atoms with E-state index < -0.39 is 6.29 Å². The van der Waals surface area contributed by atoms with Crippen LogP contribution < -0.4 is 4.74 Å². The molecule has 1 aromatic rings. The third-order valence-corrected chi connectivity index (χ3v) is 2.58. The van der Waals surface area contributed by atoms with E-state index in [2.05, 4.69) is 0 Å². The van der Waals surface area contributed by atoms with E-state index in [0.29, 0.717) is 19.6 Å². The molecule has 0 amide bonds. The van der Waals surface area contributed by atoms with Crippen molar-refractivity contribution >= 4 is 0 Å². The van der Waals surface area contributed by atoms with Crippen molar-refractivity contribution < 1.29 is 19.3 Å². The van der Waals surface area contributed by atoms with Crippen molar-refractivity contribution in [3.05, 3.63) is 29.8 Å². The van der Waals surface area contributed by atoms with Crippen LogP contribution in [0.4, 0.5) is 0 Å². The molecule has 1 aliphatic heterocycles. The molecule has 88 valence electrons. The van der Waals surface area contributed by atoms with E-state index in [9.17, 15) is 0 Å². The zero-order chi connectivity index (χ0) is 11.4. The zero-order valence-corrected chi connectivity index (χ0v) is 9.26. The predicted octanol–water partition coefficient (Wildman–Crippen LogP) is 1.32. The molecular formula is C12H16O4.